The van der Waals surface area contributed by atoms with Gasteiger partial charge in [0.05, 0.1) is 17.8 Å². The molecule has 0 spiro atoms. The van der Waals surface area contributed by atoms with Gasteiger partial charge in [0.25, 0.3) is 5.91 Å². The number of H-pyrrole nitrogens is 1. The largest absolute Gasteiger partial charge is 0.358 e. The Balaban J connectivity index is 2.04. The van der Waals surface area contributed by atoms with Crippen LogP contribution in [0.2, 0.25) is 0 Å². The lowest BCUT2D eigenvalue weighted by Gasteiger charge is -2.09. The predicted molar refractivity (Wildman–Crippen MR) is 69.0 cm³/mol. The van der Waals surface area contributed by atoms with Gasteiger partial charge < -0.3 is 15.4 Å². The molecule has 1 unspecified atom stereocenters. The molecule has 0 aromatic carbocycles. The van der Waals surface area contributed by atoms with Crippen LogP contribution in [0.3, 0.4) is 0 Å². The molecular weight excluding hydrogens is 264 g/mol. The molecule has 9 heteroatoms. The minimum atomic E-state index is -0.643. The van der Waals surface area contributed by atoms with Crippen molar-refractivity contribution in [1.29, 1.82) is 0 Å². The van der Waals surface area contributed by atoms with E-state index in [0.29, 0.717) is 5.69 Å². The summed E-state index contributed by atoms with van der Waals surface area (Å²) in [6.45, 7) is 4.48. The maximum Gasteiger partial charge on any atom is 0.343 e. The van der Waals surface area contributed by atoms with Gasteiger partial charge in [0.15, 0.2) is 5.69 Å². The smallest absolute Gasteiger partial charge is 0.343 e. The zero-order valence-corrected chi connectivity index (χ0v) is 11.0. The SMILES string of the molecule is CCn1ccc(C(C)NC(=O)c2cc([N+](=O)[O-])[nH]n2)n1. The minimum Gasteiger partial charge on any atom is -0.358 e. The summed E-state index contributed by atoms with van der Waals surface area (Å²) >= 11 is 0. The number of nitrogens with one attached hydrogen (secondary N) is 2. The molecule has 0 fully saturated rings. The second kappa shape index (κ2) is 5.51. The summed E-state index contributed by atoms with van der Waals surface area (Å²) < 4.78 is 1.75. The Hall–Kier alpha value is -2.71. The van der Waals surface area contributed by atoms with E-state index in [1.54, 1.807) is 17.7 Å². The molecule has 0 saturated carbocycles. The fourth-order valence-corrected chi connectivity index (χ4v) is 1.65. The van der Waals surface area contributed by atoms with Crippen LogP contribution in [-0.2, 0) is 6.54 Å². The Labute approximate surface area is 114 Å². The minimum absolute atomic E-state index is 0.0292. The molecule has 0 saturated heterocycles. The quantitative estimate of drug-likeness (QED) is 0.625. The first-order valence-electron chi connectivity index (χ1n) is 6.05. The van der Waals surface area contributed by atoms with Gasteiger partial charge in [-0.25, -0.2) is 0 Å². The van der Waals surface area contributed by atoms with Gasteiger partial charge in [-0.05, 0) is 24.8 Å². The number of hydrogen-bond acceptors (Lipinski definition) is 5. The third-order valence-corrected chi connectivity index (χ3v) is 2.77. The number of carbonyl (C=O) groups excluding carboxylic acids is 1. The molecule has 2 aromatic rings. The molecule has 106 valence electrons. The van der Waals surface area contributed by atoms with E-state index in [1.807, 2.05) is 13.1 Å². The third-order valence-electron chi connectivity index (χ3n) is 2.77. The number of aryl methyl sites for hydroxylation is 1. The fourth-order valence-electron chi connectivity index (χ4n) is 1.65. The normalized spacial score (nSPS) is 12.1. The molecule has 9 nitrogen and oxygen atoms in total. The number of hydrogen-bond donors (Lipinski definition) is 2. The molecule has 20 heavy (non-hydrogen) atoms. The van der Waals surface area contributed by atoms with Crippen molar-refractivity contribution in [2.75, 3.05) is 0 Å². The number of carbonyl (C=O) groups is 1. The average Bonchev–Trinajstić information content (AvgIpc) is 3.07. The average molecular weight is 278 g/mol. The molecule has 2 aromatic heterocycles. The van der Waals surface area contributed by atoms with Gasteiger partial charge >= 0.3 is 5.82 Å². The van der Waals surface area contributed by atoms with Crippen molar-refractivity contribution >= 4 is 11.7 Å². The van der Waals surface area contributed by atoms with Crippen LogP contribution in [0.25, 0.3) is 0 Å². The highest BCUT2D eigenvalue weighted by Gasteiger charge is 2.19. The van der Waals surface area contributed by atoms with Crippen molar-refractivity contribution in [2.24, 2.45) is 0 Å². The van der Waals surface area contributed by atoms with E-state index in [4.69, 9.17) is 0 Å². The molecule has 0 bridgehead atoms. The van der Waals surface area contributed by atoms with Crippen molar-refractivity contribution in [3.05, 3.63) is 39.8 Å². The molecule has 0 aliphatic heterocycles. The Bertz CT molecular complexity index is 632. The topological polar surface area (TPSA) is 119 Å². The lowest BCUT2D eigenvalue weighted by atomic mass is 10.2. The molecular formula is C11H14N6O3. The Morgan fingerprint density at radius 3 is 2.95 bits per heavy atom. The molecule has 0 aliphatic rings. The molecule has 1 amide bonds. The Morgan fingerprint density at radius 2 is 2.40 bits per heavy atom. The summed E-state index contributed by atoms with van der Waals surface area (Å²) in [7, 11) is 0. The monoisotopic (exact) mass is 278 g/mol. The Kier molecular flexibility index (Phi) is 3.78. The first kappa shape index (κ1) is 13.7. The second-order valence-corrected chi connectivity index (χ2v) is 4.19. The maximum absolute atomic E-state index is 11.9. The lowest BCUT2D eigenvalue weighted by molar-refractivity contribution is -0.389. The number of nitro groups is 1. The van der Waals surface area contributed by atoms with Crippen LogP contribution in [0.1, 0.15) is 36.1 Å². The number of aromatic nitrogens is 4. The molecule has 0 aliphatic carbocycles. The summed E-state index contributed by atoms with van der Waals surface area (Å²) in [6, 6.07) is 2.58. The van der Waals surface area contributed by atoms with Crippen LogP contribution < -0.4 is 5.32 Å². The molecule has 0 radical (unpaired) electrons. The first-order chi connectivity index (χ1) is 9.51. The highest BCUT2D eigenvalue weighted by molar-refractivity contribution is 5.92. The zero-order valence-electron chi connectivity index (χ0n) is 11.0. The van der Waals surface area contributed by atoms with Gasteiger partial charge in [0.1, 0.15) is 0 Å². The van der Waals surface area contributed by atoms with Crippen LogP contribution in [0.15, 0.2) is 18.3 Å². The van der Waals surface area contributed by atoms with Gasteiger partial charge in [-0.15, -0.1) is 5.10 Å². The second-order valence-electron chi connectivity index (χ2n) is 4.19. The van der Waals surface area contributed by atoms with Gasteiger partial charge in [-0.3, -0.25) is 9.48 Å². The van der Waals surface area contributed by atoms with Gasteiger partial charge in [-0.2, -0.15) is 5.10 Å². The number of aromatic amines is 1. The molecule has 2 N–H and O–H groups in total. The third kappa shape index (κ3) is 2.82. The highest BCUT2D eigenvalue weighted by atomic mass is 16.6. The lowest BCUT2D eigenvalue weighted by Crippen LogP contribution is -2.27. The van der Waals surface area contributed by atoms with Crippen molar-refractivity contribution in [3.8, 4) is 0 Å². The highest BCUT2D eigenvalue weighted by Crippen LogP contribution is 2.12. The summed E-state index contributed by atoms with van der Waals surface area (Å²) in [5.41, 5.74) is 0.684. The van der Waals surface area contributed by atoms with Crippen LogP contribution in [0.5, 0.6) is 0 Å². The zero-order chi connectivity index (χ0) is 14.7. The van der Waals surface area contributed by atoms with E-state index in [-0.39, 0.29) is 17.6 Å². The van der Waals surface area contributed by atoms with E-state index >= 15 is 0 Å². The predicted octanol–water partition coefficient (Wildman–Crippen LogP) is 1.03. The summed E-state index contributed by atoms with van der Waals surface area (Å²) in [5.74, 6) is -0.814. The van der Waals surface area contributed by atoms with E-state index < -0.39 is 10.8 Å². The van der Waals surface area contributed by atoms with Gasteiger partial charge in [-0.1, -0.05) is 5.10 Å². The van der Waals surface area contributed by atoms with E-state index in [9.17, 15) is 14.9 Å². The van der Waals surface area contributed by atoms with Crippen LogP contribution in [0, 0.1) is 10.1 Å². The van der Waals surface area contributed by atoms with E-state index in [0.717, 1.165) is 12.6 Å². The van der Waals surface area contributed by atoms with Crippen LogP contribution >= 0.6 is 0 Å². The van der Waals surface area contributed by atoms with E-state index in [2.05, 4.69) is 20.6 Å². The first-order valence-corrected chi connectivity index (χ1v) is 6.05. The van der Waals surface area contributed by atoms with E-state index in [1.165, 1.54) is 0 Å². The molecule has 1 atom stereocenters. The molecule has 2 rings (SSSR count). The Morgan fingerprint density at radius 1 is 1.65 bits per heavy atom. The van der Waals surface area contributed by atoms with Crippen molar-refractivity contribution in [1.82, 2.24) is 25.3 Å². The number of nitrogens with zero attached hydrogens (tertiary/aromatic N) is 4. The summed E-state index contributed by atoms with van der Waals surface area (Å²) in [4.78, 5) is 21.8. The summed E-state index contributed by atoms with van der Waals surface area (Å²) in [6.07, 6.45) is 1.82. The van der Waals surface area contributed by atoms with Crippen molar-refractivity contribution in [2.45, 2.75) is 26.4 Å². The van der Waals surface area contributed by atoms with Crippen molar-refractivity contribution < 1.29 is 9.72 Å². The summed E-state index contributed by atoms with van der Waals surface area (Å²) in [5, 5.41) is 23.2. The number of amides is 1. The molecule has 2 heterocycles. The number of rotatable bonds is 5. The van der Waals surface area contributed by atoms with Crippen molar-refractivity contribution in [3.63, 3.8) is 0 Å². The van der Waals surface area contributed by atoms with Gasteiger partial charge in [0, 0.05) is 12.7 Å². The maximum atomic E-state index is 11.9. The van der Waals surface area contributed by atoms with Gasteiger partial charge in [0.2, 0.25) is 0 Å². The van der Waals surface area contributed by atoms with Crippen LogP contribution in [-0.4, -0.2) is 30.8 Å². The standard InChI is InChI=1S/C11H14N6O3/c1-3-16-5-4-8(15-16)7(2)12-11(18)9-6-10(14-13-9)17(19)20/h4-7H,3H2,1-2H3,(H,12,18)(H,13,14). The fraction of sp³-hybridized carbons (Fsp3) is 0.364. The van der Waals surface area contributed by atoms with Crippen LogP contribution in [0.4, 0.5) is 5.82 Å².